The maximum absolute atomic E-state index is 12.5. The van der Waals surface area contributed by atoms with Crippen LogP contribution >= 0.6 is 24.0 Å². The summed E-state index contributed by atoms with van der Waals surface area (Å²) >= 11 is 0. The highest BCUT2D eigenvalue weighted by molar-refractivity contribution is 14.0. The molecule has 0 unspecified atom stereocenters. The summed E-state index contributed by atoms with van der Waals surface area (Å²) < 4.78 is 31.7. The van der Waals surface area contributed by atoms with Gasteiger partial charge < -0.3 is 15.0 Å². The second kappa shape index (κ2) is 11.9. The first-order valence-corrected chi connectivity index (χ1v) is 10.8. The van der Waals surface area contributed by atoms with Crippen molar-refractivity contribution >= 4 is 40.0 Å². The summed E-state index contributed by atoms with van der Waals surface area (Å²) in [6, 6.07) is 7.07. The van der Waals surface area contributed by atoms with Crippen LogP contribution in [0.25, 0.3) is 0 Å². The molecule has 1 aliphatic rings. The minimum absolute atomic E-state index is 0. The highest BCUT2D eigenvalue weighted by atomic mass is 127. The van der Waals surface area contributed by atoms with Gasteiger partial charge in [-0.15, -0.1) is 24.0 Å². The Morgan fingerprint density at radius 1 is 1.21 bits per heavy atom. The van der Waals surface area contributed by atoms with Gasteiger partial charge in [0.05, 0.1) is 4.90 Å². The molecule has 1 fully saturated rings. The fourth-order valence-corrected chi connectivity index (χ4v) is 4.29. The van der Waals surface area contributed by atoms with Crippen molar-refractivity contribution in [3.05, 3.63) is 29.8 Å². The van der Waals surface area contributed by atoms with Gasteiger partial charge in [0, 0.05) is 54.5 Å². The Kier molecular flexibility index (Phi) is 10.7. The molecule has 1 aromatic rings. The lowest BCUT2D eigenvalue weighted by atomic mass is 9.96. The first-order valence-electron chi connectivity index (χ1n) is 9.36. The topological polar surface area (TPSA) is 74.2 Å². The van der Waals surface area contributed by atoms with E-state index in [1.54, 1.807) is 33.3 Å². The van der Waals surface area contributed by atoms with Crippen LogP contribution < -0.4 is 5.32 Å². The van der Waals surface area contributed by atoms with Crippen molar-refractivity contribution in [2.75, 3.05) is 47.9 Å². The molecular weight excluding hydrogens is 491 g/mol. The molecule has 160 valence electrons. The number of nitrogens with one attached hydrogen (secondary N) is 1. The Bertz CT molecular complexity index is 734. The molecule has 0 bridgehead atoms. The minimum atomic E-state index is -3.48. The maximum Gasteiger partial charge on any atom is 0.242 e. The summed E-state index contributed by atoms with van der Waals surface area (Å²) in [5.74, 6) is 1.46. The predicted molar refractivity (Wildman–Crippen MR) is 124 cm³/mol. The van der Waals surface area contributed by atoms with Crippen molar-refractivity contribution in [3.8, 4) is 0 Å². The van der Waals surface area contributed by atoms with Gasteiger partial charge in [0.2, 0.25) is 10.0 Å². The molecule has 0 saturated carbocycles. The number of rotatable bonds is 7. The zero-order valence-corrected chi connectivity index (χ0v) is 20.4. The molecule has 0 amide bonds. The van der Waals surface area contributed by atoms with E-state index in [0.29, 0.717) is 17.4 Å². The lowest BCUT2D eigenvalue weighted by Gasteiger charge is -2.27. The molecule has 0 atom stereocenters. The summed E-state index contributed by atoms with van der Waals surface area (Å²) in [5.41, 5.74) is 0.727. The van der Waals surface area contributed by atoms with E-state index in [0.717, 1.165) is 50.5 Å². The Labute approximate surface area is 186 Å². The van der Waals surface area contributed by atoms with E-state index >= 15 is 0 Å². The van der Waals surface area contributed by atoms with E-state index in [2.05, 4.69) is 15.2 Å². The highest BCUT2D eigenvalue weighted by Gasteiger charge is 2.21. The second-order valence-electron chi connectivity index (χ2n) is 7.06. The summed E-state index contributed by atoms with van der Waals surface area (Å²) in [5, 5.41) is 3.29. The van der Waals surface area contributed by atoms with Crippen LogP contribution in [-0.4, -0.2) is 71.5 Å². The Hall–Kier alpha value is -0.910. The summed E-state index contributed by atoms with van der Waals surface area (Å²) in [7, 11) is 3.37. The van der Waals surface area contributed by atoms with Gasteiger partial charge in [-0.1, -0.05) is 18.2 Å². The van der Waals surface area contributed by atoms with Crippen LogP contribution in [0.4, 0.5) is 0 Å². The smallest absolute Gasteiger partial charge is 0.242 e. The SMILES string of the molecule is CN=C(NCc1ccccc1S(=O)(=O)N(C)C)N(C)CCC1CCOCC1.I. The van der Waals surface area contributed by atoms with Crippen molar-refractivity contribution in [2.45, 2.75) is 30.7 Å². The van der Waals surface area contributed by atoms with Crippen LogP contribution in [-0.2, 0) is 21.3 Å². The average molecular weight is 524 g/mol. The van der Waals surface area contributed by atoms with Crippen molar-refractivity contribution in [1.29, 1.82) is 0 Å². The summed E-state index contributed by atoms with van der Waals surface area (Å²) in [6.45, 7) is 3.02. The van der Waals surface area contributed by atoms with E-state index in [-0.39, 0.29) is 24.0 Å². The lowest BCUT2D eigenvalue weighted by Crippen LogP contribution is -2.40. The van der Waals surface area contributed by atoms with Gasteiger partial charge in [0.15, 0.2) is 5.96 Å². The van der Waals surface area contributed by atoms with Crippen molar-refractivity contribution in [1.82, 2.24) is 14.5 Å². The third kappa shape index (κ3) is 6.85. The molecule has 0 aliphatic carbocycles. The number of hydrogen-bond acceptors (Lipinski definition) is 4. The number of halogens is 1. The third-order valence-electron chi connectivity index (χ3n) is 4.96. The molecule has 1 aliphatic heterocycles. The van der Waals surface area contributed by atoms with E-state index in [9.17, 15) is 8.42 Å². The number of guanidine groups is 1. The van der Waals surface area contributed by atoms with Gasteiger partial charge in [-0.25, -0.2) is 12.7 Å². The minimum Gasteiger partial charge on any atom is -0.381 e. The molecule has 9 heteroatoms. The largest absolute Gasteiger partial charge is 0.381 e. The Morgan fingerprint density at radius 3 is 2.46 bits per heavy atom. The number of sulfonamides is 1. The molecule has 0 aromatic heterocycles. The zero-order chi connectivity index (χ0) is 19.9. The zero-order valence-electron chi connectivity index (χ0n) is 17.2. The predicted octanol–water partition coefficient (Wildman–Crippen LogP) is 2.38. The van der Waals surface area contributed by atoms with Gasteiger partial charge in [0.1, 0.15) is 0 Å². The third-order valence-corrected chi connectivity index (χ3v) is 6.87. The van der Waals surface area contributed by atoms with E-state index < -0.39 is 10.0 Å². The van der Waals surface area contributed by atoms with Gasteiger partial charge >= 0.3 is 0 Å². The van der Waals surface area contributed by atoms with Crippen LogP contribution in [0, 0.1) is 5.92 Å². The first kappa shape index (κ1) is 25.1. The summed E-state index contributed by atoms with van der Waals surface area (Å²) in [6.07, 6.45) is 3.34. The van der Waals surface area contributed by atoms with Gasteiger partial charge in [0.25, 0.3) is 0 Å². The molecule has 0 radical (unpaired) electrons. The number of hydrogen-bond donors (Lipinski definition) is 1. The van der Waals surface area contributed by atoms with Crippen LogP contribution in [0.2, 0.25) is 0 Å². The van der Waals surface area contributed by atoms with Crippen LogP contribution in [0.3, 0.4) is 0 Å². The van der Waals surface area contributed by atoms with Gasteiger partial charge in [-0.05, 0) is 36.8 Å². The fourth-order valence-electron chi connectivity index (χ4n) is 3.17. The Morgan fingerprint density at radius 2 is 1.86 bits per heavy atom. The number of benzene rings is 1. The normalized spacial score (nSPS) is 16.0. The van der Waals surface area contributed by atoms with Crippen LogP contribution in [0.1, 0.15) is 24.8 Å². The molecule has 1 N–H and O–H groups in total. The lowest BCUT2D eigenvalue weighted by molar-refractivity contribution is 0.0625. The van der Waals surface area contributed by atoms with Gasteiger partial charge in [-0.2, -0.15) is 0 Å². The molecule has 28 heavy (non-hydrogen) atoms. The van der Waals surface area contributed by atoms with Crippen LogP contribution in [0.5, 0.6) is 0 Å². The number of nitrogens with zero attached hydrogens (tertiary/aromatic N) is 3. The number of ether oxygens (including phenoxy) is 1. The average Bonchev–Trinajstić information content (AvgIpc) is 2.67. The van der Waals surface area contributed by atoms with E-state index in [1.807, 2.05) is 19.2 Å². The molecule has 1 saturated heterocycles. The molecule has 7 nitrogen and oxygen atoms in total. The number of aliphatic imine (C=N–C) groups is 1. The first-order chi connectivity index (χ1) is 12.9. The fraction of sp³-hybridized carbons (Fsp3) is 0.632. The summed E-state index contributed by atoms with van der Waals surface area (Å²) in [4.78, 5) is 6.76. The molecule has 2 rings (SSSR count). The Balaban J connectivity index is 0.00000392. The van der Waals surface area contributed by atoms with Gasteiger partial charge in [-0.3, -0.25) is 4.99 Å². The standard InChI is InChI=1S/C19H32N4O3S.HI/c1-20-19(23(4)12-9-16-10-13-26-14-11-16)21-15-17-7-5-6-8-18(17)27(24,25)22(2)3;/h5-8,16H,9-15H2,1-4H3,(H,20,21);1H. The maximum atomic E-state index is 12.5. The molecule has 1 heterocycles. The molecular formula is C19H33IN4O3S. The molecule has 1 aromatic carbocycles. The monoisotopic (exact) mass is 524 g/mol. The van der Waals surface area contributed by atoms with Crippen molar-refractivity contribution < 1.29 is 13.2 Å². The highest BCUT2D eigenvalue weighted by Crippen LogP contribution is 2.19. The molecule has 0 spiro atoms. The van der Waals surface area contributed by atoms with E-state index in [1.165, 1.54) is 4.31 Å². The quantitative estimate of drug-likeness (QED) is 0.337. The van der Waals surface area contributed by atoms with Crippen molar-refractivity contribution in [3.63, 3.8) is 0 Å². The van der Waals surface area contributed by atoms with E-state index in [4.69, 9.17) is 4.74 Å². The van der Waals surface area contributed by atoms with Crippen molar-refractivity contribution in [2.24, 2.45) is 10.9 Å². The second-order valence-corrected chi connectivity index (χ2v) is 9.18. The van der Waals surface area contributed by atoms with Crippen LogP contribution in [0.15, 0.2) is 34.2 Å².